The highest BCUT2D eigenvalue weighted by molar-refractivity contribution is 9.11. The lowest BCUT2D eigenvalue weighted by molar-refractivity contribution is -0.130. The van der Waals surface area contributed by atoms with Gasteiger partial charge in [-0.1, -0.05) is 34.6 Å². The van der Waals surface area contributed by atoms with Crippen LogP contribution in [0.25, 0.3) is 0 Å². The Labute approximate surface area is 147 Å². The van der Waals surface area contributed by atoms with E-state index in [0.29, 0.717) is 10.0 Å². The van der Waals surface area contributed by atoms with E-state index in [-0.39, 0.29) is 12.8 Å². The third-order valence-corrected chi connectivity index (χ3v) is 3.46. The Morgan fingerprint density at radius 3 is 2.25 bits per heavy atom. The number of rotatable bonds is 8. The van der Waals surface area contributed by atoms with E-state index in [1.54, 1.807) is 0 Å². The molecule has 0 aromatic heterocycles. The van der Waals surface area contributed by atoms with Crippen LogP contribution in [-0.4, -0.2) is 29.8 Å². The highest BCUT2D eigenvalue weighted by Crippen LogP contribution is 2.11. The number of carbonyl (C=O) groups is 3. The molecule has 0 saturated heterocycles. The molecule has 0 spiro atoms. The molecule has 130 valence electrons. The van der Waals surface area contributed by atoms with Gasteiger partial charge in [-0.15, -0.1) is 0 Å². The number of benzene rings is 1. The van der Waals surface area contributed by atoms with E-state index >= 15 is 0 Å². The first-order chi connectivity index (χ1) is 11.2. The first-order valence-corrected chi connectivity index (χ1v) is 7.93. The van der Waals surface area contributed by atoms with E-state index < -0.39 is 35.6 Å². The smallest absolute Gasteiger partial charge is 0.243 e. The van der Waals surface area contributed by atoms with Crippen molar-refractivity contribution in [1.82, 2.24) is 10.6 Å². The molecule has 0 aliphatic rings. The third-order valence-electron chi connectivity index (χ3n) is 3.13. The second kappa shape index (κ2) is 9.17. The van der Waals surface area contributed by atoms with Crippen molar-refractivity contribution in [2.75, 3.05) is 0 Å². The molecule has 6 nitrogen and oxygen atoms in total. The van der Waals surface area contributed by atoms with Crippen molar-refractivity contribution in [1.29, 1.82) is 0 Å². The van der Waals surface area contributed by atoms with Gasteiger partial charge in [-0.05, 0) is 22.2 Å². The van der Waals surface area contributed by atoms with E-state index in [0.717, 1.165) is 0 Å². The Hall–Kier alpha value is -2.22. The van der Waals surface area contributed by atoms with Crippen LogP contribution in [0.4, 0.5) is 4.39 Å². The average molecular weight is 400 g/mol. The van der Waals surface area contributed by atoms with E-state index in [4.69, 9.17) is 5.73 Å². The van der Waals surface area contributed by atoms with E-state index in [1.807, 2.05) is 0 Å². The summed E-state index contributed by atoms with van der Waals surface area (Å²) in [5, 5.41) is 5.00. The molecule has 1 aromatic rings. The summed E-state index contributed by atoms with van der Waals surface area (Å²) in [5.74, 6) is -2.08. The van der Waals surface area contributed by atoms with Crippen molar-refractivity contribution < 1.29 is 18.8 Å². The van der Waals surface area contributed by atoms with Crippen molar-refractivity contribution in [3.8, 4) is 0 Å². The fourth-order valence-electron chi connectivity index (χ4n) is 2.03. The molecule has 1 rings (SSSR count). The van der Waals surface area contributed by atoms with Crippen LogP contribution in [0.2, 0.25) is 0 Å². The Bertz CT molecular complexity index is 634. The van der Waals surface area contributed by atoms with E-state index in [1.165, 1.54) is 31.2 Å². The zero-order valence-electron chi connectivity index (χ0n) is 13.1. The van der Waals surface area contributed by atoms with Gasteiger partial charge in [0.25, 0.3) is 0 Å². The molecule has 24 heavy (non-hydrogen) atoms. The molecule has 0 saturated carbocycles. The summed E-state index contributed by atoms with van der Waals surface area (Å²) in [6.07, 6.45) is 0.275. The Balaban J connectivity index is 2.87. The van der Waals surface area contributed by atoms with Gasteiger partial charge in [0.1, 0.15) is 17.9 Å². The van der Waals surface area contributed by atoms with Gasteiger partial charge in [0, 0.05) is 19.8 Å². The SMILES string of the molecule is C=C(Br)C[C@H](NC(=O)[C@H](Cc1ccc(F)cc1)NC(C)=O)C(N)=O. The molecule has 0 bridgehead atoms. The zero-order valence-corrected chi connectivity index (χ0v) is 14.7. The average Bonchev–Trinajstić information content (AvgIpc) is 2.47. The van der Waals surface area contributed by atoms with Crippen LogP contribution in [0.15, 0.2) is 35.3 Å². The lowest BCUT2D eigenvalue weighted by Gasteiger charge is -2.21. The molecule has 4 N–H and O–H groups in total. The minimum atomic E-state index is -0.950. The minimum absolute atomic E-state index is 0.129. The minimum Gasteiger partial charge on any atom is -0.368 e. The molecule has 3 amide bonds. The van der Waals surface area contributed by atoms with Crippen molar-refractivity contribution in [3.05, 3.63) is 46.7 Å². The summed E-state index contributed by atoms with van der Waals surface area (Å²) >= 11 is 3.11. The summed E-state index contributed by atoms with van der Waals surface area (Å²) in [5.41, 5.74) is 5.92. The molecule has 0 fully saturated rings. The van der Waals surface area contributed by atoms with E-state index in [2.05, 4.69) is 33.1 Å². The first-order valence-electron chi connectivity index (χ1n) is 7.13. The maximum absolute atomic E-state index is 13.0. The maximum atomic E-state index is 13.0. The van der Waals surface area contributed by atoms with Gasteiger partial charge in [0.15, 0.2) is 0 Å². The molecule has 0 aliphatic carbocycles. The van der Waals surface area contributed by atoms with Gasteiger partial charge in [0.2, 0.25) is 17.7 Å². The van der Waals surface area contributed by atoms with Gasteiger partial charge < -0.3 is 16.4 Å². The van der Waals surface area contributed by atoms with Crippen LogP contribution in [0.5, 0.6) is 0 Å². The number of carbonyl (C=O) groups excluding carboxylic acids is 3. The molecule has 0 aliphatic heterocycles. The lowest BCUT2D eigenvalue weighted by atomic mass is 10.0. The summed E-state index contributed by atoms with van der Waals surface area (Å²) in [4.78, 5) is 35.2. The Kier molecular flexibility index (Phi) is 7.57. The second-order valence-electron chi connectivity index (χ2n) is 5.27. The Morgan fingerprint density at radius 2 is 1.79 bits per heavy atom. The highest BCUT2D eigenvalue weighted by atomic mass is 79.9. The summed E-state index contributed by atoms with van der Waals surface area (Å²) in [7, 11) is 0. The second-order valence-corrected chi connectivity index (χ2v) is 6.39. The van der Waals surface area contributed by atoms with Crippen molar-refractivity contribution in [2.45, 2.75) is 31.8 Å². The number of hydrogen-bond donors (Lipinski definition) is 3. The largest absolute Gasteiger partial charge is 0.368 e. The van der Waals surface area contributed by atoms with Crippen LogP contribution in [0, 0.1) is 5.82 Å². The molecule has 0 heterocycles. The summed E-state index contributed by atoms with van der Waals surface area (Å²) < 4.78 is 13.5. The van der Waals surface area contributed by atoms with Gasteiger partial charge in [0.05, 0.1) is 0 Å². The fourth-order valence-corrected chi connectivity index (χ4v) is 2.35. The van der Waals surface area contributed by atoms with Gasteiger partial charge in [-0.2, -0.15) is 0 Å². The highest BCUT2D eigenvalue weighted by Gasteiger charge is 2.25. The van der Waals surface area contributed by atoms with Crippen LogP contribution in [-0.2, 0) is 20.8 Å². The molecule has 2 atom stereocenters. The molecular weight excluding hydrogens is 381 g/mol. The number of halogens is 2. The van der Waals surface area contributed by atoms with Crippen LogP contribution < -0.4 is 16.4 Å². The topological polar surface area (TPSA) is 101 Å². The van der Waals surface area contributed by atoms with Crippen LogP contribution in [0.1, 0.15) is 18.9 Å². The molecule has 1 aromatic carbocycles. The molecular formula is C16H19BrFN3O3. The molecule has 0 unspecified atom stereocenters. The normalized spacial score (nSPS) is 12.8. The van der Waals surface area contributed by atoms with Crippen molar-refractivity contribution in [2.24, 2.45) is 5.73 Å². The first kappa shape index (κ1) is 19.8. The predicted molar refractivity (Wildman–Crippen MR) is 91.5 cm³/mol. The van der Waals surface area contributed by atoms with Crippen LogP contribution >= 0.6 is 15.9 Å². The number of primary amides is 1. The molecule has 0 radical (unpaired) electrons. The monoisotopic (exact) mass is 399 g/mol. The fraction of sp³-hybridized carbons (Fsp3) is 0.312. The summed E-state index contributed by atoms with van der Waals surface area (Å²) in [6.45, 7) is 4.88. The van der Waals surface area contributed by atoms with E-state index in [9.17, 15) is 18.8 Å². The van der Waals surface area contributed by atoms with Gasteiger partial charge in [-0.3, -0.25) is 14.4 Å². The van der Waals surface area contributed by atoms with Crippen molar-refractivity contribution in [3.63, 3.8) is 0 Å². The number of nitrogens with one attached hydrogen (secondary N) is 2. The predicted octanol–water partition coefficient (Wildman–Crippen LogP) is 1.14. The van der Waals surface area contributed by atoms with Gasteiger partial charge >= 0.3 is 0 Å². The van der Waals surface area contributed by atoms with Crippen molar-refractivity contribution >= 4 is 33.7 Å². The number of nitrogens with two attached hydrogens (primary N) is 1. The number of hydrogen-bond acceptors (Lipinski definition) is 3. The van der Waals surface area contributed by atoms with Gasteiger partial charge in [-0.25, -0.2) is 4.39 Å². The third kappa shape index (κ3) is 6.91. The number of amides is 3. The standard InChI is InChI=1S/C16H19BrFN3O3/c1-9(17)7-13(15(19)23)21-16(24)14(20-10(2)22)8-11-3-5-12(18)6-4-11/h3-6,13-14H,1,7-8H2,2H3,(H2,19,23)(H,20,22)(H,21,24)/t13-,14-/m0/s1. The zero-order chi connectivity index (χ0) is 18.3. The maximum Gasteiger partial charge on any atom is 0.243 e. The van der Waals surface area contributed by atoms with Crippen LogP contribution in [0.3, 0.4) is 0 Å². The lowest BCUT2D eigenvalue weighted by Crippen LogP contribution is -2.53. The quantitative estimate of drug-likeness (QED) is 0.610. The summed E-state index contributed by atoms with van der Waals surface area (Å²) in [6, 6.07) is 3.69. The Morgan fingerprint density at radius 1 is 1.21 bits per heavy atom. The molecule has 8 heteroatoms.